The molecule has 24 heavy (non-hydrogen) atoms. The zero-order chi connectivity index (χ0) is 17.9. The summed E-state index contributed by atoms with van der Waals surface area (Å²) in [6, 6.07) is 5.13. The van der Waals surface area contributed by atoms with Gasteiger partial charge in [-0.1, -0.05) is 34.1 Å². The second-order valence-electron chi connectivity index (χ2n) is 8.18. The van der Waals surface area contributed by atoms with Crippen molar-refractivity contribution in [1.29, 1.82) is 0 Å². The maximum Gasteiger partial charge on any atom is 0.125 e. The fourth-order valence-electron chi connectivity index (χ4n) is 3.94. The van der Waals surface area contributed by atoms with Gasteiger partial charge in [-0.15, -0.1) is 0 Å². The first-order valence-corrected chi connectivity index (χ1v) is 9.52. The van der Waals surface area contributed by atoms with Gasteiger partial charge in [0.1, 0.15) is 5.75 Å². The van der Waals surface area contributed by atoms with E-state index in [1.165, 1.54) is 36.1 Å². The van der Waals surface area contributed by atoms with Crippen LogP contribution in [0.25, 0.3) is 0 Å². The van der Waals surface area contributed by atoms with E-state index >= 15 is 0 Å². The minimum absolute atomic E-state index is 0.199. The normalized spacial score (nSPS) is 19.5. The number of rotatable bonds is 7. The molecule has 0 aromatic heterocycles. The molecule has 1 unspecified atom stereocenters. The van der Waals surface area contributed by atoms with Crippen LogP contribution in [-0.2, 0) is 6.54 Å². The van der Waals surface area contributed by atoms with Crippen molar-refractivity contribution in [2.24, 2.45) is 0 Å². The summed E-state index contributed by atoms with van der Waals surface area (Å²) < 4.78 is 5.73. The van der Waals surface area contributed by atoms with Crippen molar-refractivity contribution in [1.82, 2.24) is 5.32 Å². The van der Waals surface area contributed by atoms with E-state index in [0.717, 1.165) is 18.8 Å². The molecule has 0 bridgehead atoms. The van der Waals surface area contributed by atoms with Gasteiger partial charge in [0.2, 0.25) is 0 Å². The lowest BCUT2D eigenvalue weighted by Crippen LogP contribution is -2.48. The van der Waals surface area contributed by atoms with Gasteiger partial charge in [-0.25, -0.2) is 0 Å². The molecule has 0 amide bonds. The van der Waals surface area contributed by atoms with E-state index in [0.29, 0.717) is 12.0 Å². The molecule has 136 valence electrons. The van der Waals surface area contributed by atoms with Gasteiger partial charge in [-0.05, 0) is 44.2 Å². The molecule has 0 saturated carbocycles. The first-order valence-electron chi connectivity index (χ1n) is 9.52. The summed E-state index contributed by atoms with van der Waals surface area (Å²) in [6.45, 7) is 15.7. The van der Waals surface area contributed by atoms with Crippen molar-refractivity contribution in [3.63, 3.8) is 0 Å². The molecular formula is C21H36N2O. The number of nitrogens with zero attached hydrogens (tertiary/aromatic N) is 1. The van der Waals surface area contributed by atoms with Crippen molar-refractivity contribution in [3.05, 3.63) is 23.3 Å². The molecule has 1 atom stereocenters. The fourth-order valence-corrected chi connectivity index (χ4v) is 3.94. The van der Waals surface area contributed by atoms with E-state index in [-0.39, 0.29) is 5.54 Å². The molecule has 0 aliphatic carbocycles. The SMILES string of the molecule is CCCCN1c2cc(OC)c(CNC(C)C)cc2C(C)CC1(C)C. The minimum atomic E-state index is 0.199. The summed E-state index contributed by atoms with van der Waals surface area (Å²) in [5.74, 6) is 1.59. The molecule has 0 saturated heterocycles. The molecule has 0 fully saturated rings. The highest BCUT2D eigenvalue weighted by Crippen LogP contribution is 2.45. The van der Waals surface area contributed by atoms with Gasteiger partial charge in [-0.3, -0.25) is 0 Å². The molecule has 3 heteroatoms. The van der Waals surface area contributed by atoms with Crippen LogP contribution in [0, 0.1) is 0 Å². The quantitative estimate of drug-likeness (QED) is 0.753. The molecule has 1 aromatic rings. The maximum atomic E-state index is 5.73. The minimum Gasteiger partial charge on any atom is -0.496 e. The number of anilines is 1. The van der Waals surface area contributed by atoms with E-state index in [1.54, 1.807) is 7.11 Å². The number of hydrogen-bond donors (Lipinski definition) is 1. The van der Waals surface area contributed by atoms with Crippen molar-refractivity contribution >= 4 is 5.69 Å². The number of unbranched alkanes of at least 4 members (excludes halogenated alkanes) is 1. The van der Waals surface area contributed by atoms with Gasteiger partial charge < -0.3 is 15.0 Å². The average Bonchev–Trinajstić information content (AvgIpc) is 2.51. The first kappa shape index (κ1) is 19.1. The predicted octanol–water partition coefficient (Wildman–Crippen LogP) is 5.09. The van der Waals surface area contributed by atoms with Crippen molar-refractivity contribution < 1.29 is 4.74 Å². The average molecular weight is 333 g/mol. The molecule has 0 radical (unpaired) electrons. The fraction of sp³-hybridized carbons (Fsp3) is 0.714. The Labute approximate surface area is 148 Å². The molecule has 1 aliphatic heterocycles. The molecule has 3 nitrogen and oxygen atoms in total. The van der Waals surface area contributed by atoms with Gasteiger partial charge in [0.15, 0.2) is 0 Å². The van der Waals surface area contributed by atoms with Gasteiger partial charge >= 0.3 is 0 Å². The van der Waals surface area contributed by atoms with Crippen LogP contribution in [0.4, 0.5) is 5.69 Å². The van der Waals surface area contributed by atoms with Crippen LogP contribution in [0.1, 0.15) is 77.8 Å². The monoisotopic (exact) mass is 332 g/mol. The lowest BCUT2D eigenvalue weighted by molar-refractivity contribution is 0.369. The number of ether oxygens (including phenoxy) is 1. The largest absolute Gasteiger partial charge is 0.496 e. The summed E-state index contributed by atoms with van der Waals surface area (Å²) in [4.78, 5) is 2.61. The van der Waals surface area contributed by atoms with Crippen LogP contribution in [0.15, 0.2) is 12.1 Å². The Kier molecular flexibility index (Phi) is 6.19. The topological polar surface area (TPSA) is 24.5 Å². The highest BCUT2D eigenvalue weighted by Gasteiger charge is 2.36. The Bertz CT molecular complexity index is 551. The highest BCUT2D eigenvalue weighted by atomic mass is 16.5. The van der Waals surface area contributed by atoms with Crippen molar-refractivity contribution in [3.8, 4) is 5.75 Å². The molecule has 0 spiro atoms. The van der Waals surface area contributed by atoms with Gasteiger partial charge in [0.25, 0.3) is 0 Å². The van der Waals surface area contributed by atoms with Gasteiger partial charge in [-0.2, -0.15) is 0 Å². The van der Waals surface area contributed by atoms with Crippen LogP contribution >= 0.6 is 0 Å². The van der Waals surface area contributed by atoms with E-state index in [4.69, 9.17) is 4.74 Å². The molecule has 1 aliphatic rings. The Morgan fingerprint density at radius 1 is 1.33 bits per heavy atom. The van der Waals surface area contributed by atoms with Crippen molar-refractivity contribution in [2.75, 3.05) is 18.6 Å². The molecular weight excluding hydrogens is 296 g/mol. The number of hydrogen-bond acceptors (Lipinski definition) is 3. The number of methoxy groups -OCH3 is 1. The van der Waals surface area contributed by atoms with E-state index < -0.39 is 0 Å². The third kappa shape index (κ3) is 4.05. The Morgan fingerprint density at radius 3 is 2.62 bits per heavy atom. The number of fused-ring (bicyclic) bond motifs is 1. The third-order valence-corrected chi connectivity index (χ3v) is 5.22. The zero-order valence-electron chi connectivity index (χ0n) is 16.7. The summed E-state index contributed by atoms with van der Waals surface area (Å²) in [7, 11) is 1.79. The molecule has 1 N–H and O–H groups in total. The van der Waals surface area contributed by atoms with Gasteiger partial charge in [0, 0.05) is 42.0 Å². The van der Waals surface area contributed by atoms with Crippen LogP contribution in [-0.4, -0.2) is 25.2 Å². The predicted molar refractivity (Wildman–Crippen MR) is 104 cm³/mol. The van der Waals surface area contributed by atoms with E-state index in [2.05, 4.69) is 63.9 Å². The van der Waals surface area contributed by atoms with Gasteiger partial charge in [0.05, 0.1) is 7.11 Å². The second-order valence-corrected chi connectivity index (χ2v) is 8.18. The molecule has 1 heterocycles. The van der Waals surface area contributed by atoms with Crippen LogP contribution in [0.5, 0.6) is 5.75 Å². The highest BCUT2D eigenvalue weighted by molar-refractivity contribution is 5.64. The third-order valence-electron chi connectivity index (χ3n) is 5.22. The Morgan fingerprint density at radius 2 is 2.04 bits per heavy atom. The standard InChI is InChI=1S/C21H36N2O/c1-8-9-10-23-19-12-20(24-7)17(14-22-15(2)3)11-18(19)16(4)13-21(23,5)6/h11-12,15-16,22H,8-10,13-14H2,1-7H3. The van der Waals surface area contributed by atoms with Crippen LogP contribution in [0.2, 0.25) is 0 Å². The summed E-state index contributed by atoms with van der Waals surface area (Å²) in [5.41, 5.74) is 4.32. The van der Waals surface area contributed by atoms with Crippen LogP contribution < -0.4 is 15.0 Å². The second kappa shape index (κ2) is 7.77. The van der Waals surface area contributed by atoms with Crippen LogP contribution in [0.3, 0.4) is 0 Å². The summed E-state index contributed by atoms with van der Waals surface area (Å²) >= 11 is 0. The summed E-state index contributed by atoms with van der Waals surface area (Å²) in [5, 5.41) is 3.53. The Balaban J connectivity index is 2.44. The number of nitrogens with one attached hydrogen (secondary N) is 1. The first-order chi connectivity index (χ1) is 11.3. The molecule has 1 aromatic carbocycles. The number of benzene rings is 1. The lowest BCUT2D eigenvalue weighted by atomic mass is 9.79. The molecule has 2 rings (SSSR count). The lowest BCUT2D eigenvalue weighted by Gasteiger charge is -2.48. The van der Waals surface area contributed by atoms with E-state index in [1.807, 2.05) is 0 Å². The van der Waals surface area contributed by atoms with Crippen molar-refractivity contribution in [2.45, 2.75) is 84.8 Å². The Hall–Kier alpha value is -1.22. The van der Waals surface area contributed by atoms with E-state index in [9.17, 15) is 0 Å². The summed E-state index contributed by atoms with van der Waals surface area (Å²) in [6.07, 6.45) is 3.66. The maximum absolute atomic E-state index is 5.73. The zero-order valence-corrected chi connectivity index (χ0v) is 16.7. The smallest absolute Gasteiger partial charge is 0.125 e.